The lowest BCUT2D eigenvalue weighted by Crippen LogP contribution is -2.07. The number of benzene rings is 5. The largest absolute Gasteiger partial charge is 0.310 e. The van der Waals surface area contributed by atoms with E-state index in [0.29, 0.717) is 5.92 Å². The molecule has 2 aromatic heterocycles. The summed E-state index contributed by atoms with van der Waals surface area (Å²) >= 11 is 0. The Morgan fingerprint density at radius 1 is 0.571 bits per heavy atom. The van der Waals surface area contributed by atoms with E-state index >= 15 is 0 Å². The van der Waals surface area contributed by atoms with Gasteiger partial charge in [-0.25, -0.2) is 0 Å². The van der Waals surface area contributed by atoms with Gasteiger partial charge in [0.15, 0.2) is 0 Å². The summed E-state index contributed by atoms with van der Waals surface area (Å²) < 4.78 is 4.86. The lowest BCUT2D eigenvalue weighted by molar-refractivity contribution is 0.826. The van der Waals surface area contributed by atoms with Crippen LogP contribution in [0.4, 0.5) is 0 Å². The van der Waals surface area contributed by atoms with Gasteiger partial charge in [-0.15, -0.1) is 0 Å². The van der Waals surface area contributed by atoms with E-state index < -0.39 is 0 Å². The summed E-state index contributed by atoms with van der Waals surface area (Å²) in [6.07, 6.45) is 12.6. The number of hydrogen-bond donors (Lipinski definition) is 0. The molecule has 0 aliphatic heterocycles. The smallest absolute Gasteiger partial charge is 0.0541 e. The van der Waals surface area contributed by atoms with E-state index in [1.807, 2.05) is 0 Å². The van der Waals surface area contributed by atoms with Crippen molar-refractivity contribution in [2.75, 3.05) is 0 Å². The van der Waals surface area contributed by atoms with Crippen LogP contribution in [0.15, 0.2) is 127 Å². The Labute approximate surface area is 245 Å². The molecular weight excluding hydrogens is 508 g/mol. The Kier molecular flexibility index (Phi) is 5.18. The van der Waals surface area contributed by atoms with E-state index in [9.17, 15) is 0 Å². The van der Waals surface area contributed by atoms with Gasteiger partial charge in [0, 0.05) is 39.1 Å². The summed E-state index contributed by atoms with van der Waals surface area (Å²) in [5.74, 6) is 0.327. The second-order valence-corrected chi connectivity index (χ2v) is 11.7. The molecule has 2 aliphatic rings. The predicted octanol–water partition coefficient (Wildman–Crippen LogP) is 10.0. The molecule has 2 nitrogen and oxygen atoms in total. The summed E-state index contributed by atoms with van der Waals surface area (Å²) in [4.78, 5) is 0. The van der Waals surface area contributed by atoms with Gasteiger partial charge >= 0.3 is 0 Å². The van der Waals surface area contributed by atoms with Crippen molar-refractivity contribution in [1.82, 2.24) is 9.13 Å². The Bertz CT molecular complexity index is 2220. The van der Waals surface area contributed by atoms with Gasteiger partial charge in [0.1, 0.15) is 0 Å². The van der Waals surface area contributed by atoms with Gasteiger partial charge in [-0.05, 0) is 96.1 Å². The summed E-state index contributed by atoms with van der Waals surface area (Å²) in [5, 5.41) is 3.98. The zero-order chi connectivity index (χ0) is 27.6. The lowest BCUT2D eigenvalue weighted by Gasteiger charge is -2.20. The molecule has 0 fully saturated rings. The quantitative estimate of drug-likeness (QED) is 0.212. The Balaban J connectivity index is 1.18. The van der Waals surface area contributed by atoms with Crippen molar-refractivity contribution in [3.63, 3.8) is 0 Å². The third-order valence-electron chi connectivity index (χ3n) is 9.34. The highest BCUT2D eigenvalue weighted by molar-refractivity contribution is 6.09. The topological polar surface area (TPSA) is 9.86 Å². The second-order valence-electron chi connectivity index (χ2n) is 11.7. The van der Waals surface area contributed by atoms with Gasteiger partial charge < -0.3 is 9.13 Å². The molecule has 5 aromatic carbocycles. The van der Waals surface area contributed by atoms with Crippen molar-refractivity contribution in [3.05, 3.63) is 155 Å². The third kappa shape index (κ3) is 3.51. The molecule has 200 valence electrons. The van der Waals surface area contributed by atoms with Crippen LogP contribution in [-0.4, -0.2) is 9.13 Å². The molecule has 0 saturated carbocycles. The fraction of sp³-hybridized carbons (Fsp3) is 0.100. The lowest BCUT2D eigenvalue weighted by atomic mass is 9.86. The first-order valence-electron chi connectivity index (χ1n) is 15.0. The van der Waals surface area contributed by atoms with Crippen LogP contribution in [0.5, 0.6) is 0 Å². The predicted molar refractivity (Wildman–Crippen MR) is 177 cm³/mol. The van der Waals surface area contributed by atoms with Gasteiger partial charge in [-0.1, -0.05) is 85.0 Å². The fourth-order valence-corrected chi connectivity index (χ4v) is 7.35. The van der Waals surface area contributed by atoms with Crippen molar-refractivity contribution in [2.45, 2.75) is 25.2 Å². The highest BCUT2D eigenvalue weighted by Gasteiger charge is 2.24. The summed E-state index contributed by atoms with van der Waals surface area (Å²) in [7, 11) is 0. The molecular formula is C40H30N2. The number of allylic oxidation sites excluding steroid dienone is 2. The molecule has 0 radical (unpaired) electrons. The van der Waals surface area contributed by atoms with E-state index in [-0.39, 0.29) is 0 Å². The number of fused-ring (bicyclic) bond motifs is 7. The number of para-hydroxylation sites is 3. The third-order valence-corrected chi connectivity index (χ3v) is 9.34. The highest BCUT2D eigenvalue weighted by Crippen LogP contribution is 2.40. The van der Waals surface area contributed by atoms with E-state index in [4.69, 9.17) is 0 Å². The molecule has 0 amide bonds. The molecule has 7 aromatic rings. The first kappa shape index (κ1) is 23.6. The number of aromatic nitrogens is 2. The highest BCUT2D eigenvalue weighted by atomic mass is 15.0. The summed E-state index contributed by atoms with van der Waals surface area (Å²) in [6, 6.07) is 42.6. The van der Waals surface area contributed by atoms with E-state index in [1.165, 1.54) is 72.0 Å². The zero-order valence-electron chi connectivity index (χ0n) is 23.4. The molecule has 2 heteroatoms. The molecule has 1 unspecified atom stereocenters. The van der Waals surface area contributed by atoms with Gasteiger partial charge in [0.25, 0.3) is 0 Å². The summed E-state index contributed by atoms with van der Waals surface area (Å²) in [6.45, 7) is 0. The van der Waals surface area contributed by atoms with Crippen LogP contribution in [0, 0.1) is 0 Å². The average Bonchev–Trinajstić information content (AvgIpc) is 3.57. The van der Waals surface area contributed by atoms with Crippen molar-refractivity contribution in [2.24, 2.45) is 0 Å². The van der Waals surface area contributed by atoms with Crippen molar-refractivity contribution in [1.29, 1.82) is 0 Å². The minimum Gasteiger partial charge on any atom is -0.310 e. The SMILES string of the molecule is C1=Cc2cc(-n3c4ccccc4c4cc(C5C=Cc6c(c7ccccc7n6-c6ccccc6)C5)ccc43)ccc2CC1. The first-order valence-corrected chi connectivity index (χ1v) is 15.0. The van der Waals surface area contributed by atoms with Crippen molar-refractivity contribution >= 4 is 44.9 Å². The minimum atomic E-state index is 0.327. The standard InChI is InChI=1S/C40H30N2/c1-2-12-31(13-3-1)41-37-16-8-6-14-33(37)35-25-29(19-22-39(35)41)30-20-23-40-36(26-30)34-15-7-9-17-38(34)42(40)32-21-18-27-10-4-5-11-28(27)24-32/h1-3,5-9,11-24,26,29H,4,10,25H2. The Hall–Kier alpha value is -5.08. The molecule has 2 aliphatic carbocycles. The number of hydrogen-bond acceptors (Lipinski definition) is 0. The van der Waals surface area contributed by atoms with Gasteiger partial charge in [-0.3, -0.25) is 0 Å². The second kappa shape index (κ2) is 9.22. The van der Waals surface area contributed by atoms with Crippen LogP contribution >= 0.6 is 0 Å². The Morgan fingerprint density at radius 2 is 1.33 bits per heavy atom. The van der Waals surface area contributed by atoms with E-state index in [1.54, 1.807) is 0 Å². The normalized spacial score (nSPS) is 15.9. The van der Waals surface area contributed by atoms with Crippen LogP contribution in [0.25, 0.3) is 56.2 Å². The van der Waals surface area contributed by atoms with Crippen molar-refractivity contribution in [3.8, 4) is 11.4 Å². The first-order chi connectivity index (χ1) is 20.8. The van der Waals surface area contributed by atoms with Crippen LogP contribution in [-0.2, 0) is 12.8 Å². The fourth-order valence-electron chi connectivity index (χ4n) is 7.35. The maximum atomic E-state index is 2.45. The van der Waals surface area contributed by atoms with Gasteiger partial charge in [0.2, 0.25) is 0 Å². The maximum absolute atomic E-state index is 2.45. The zero-order valence-corrected chi connectivity index (χ0v) is 23.4. The van der Waals surface area contributed by atoms with E-state index in [0.717, 1.165) is 19.3 Å². The van der Waals surface area contributed by atoms with Crippen LogP contribution in [0.1, 0.15) is 40.3 Å². The summed E-state index contributed by atoms with van der Waals surface area (Å²) in [5.41, 5.74) is 13.2. The molecule has 9 rings (SSSR count). The van der Waals surface area contributed by atoms with Crippen LogP contribution in [0.3, 0.4) is 0 Å². The number of nitrogens with zero attached hydrogens (tertiary/aromatic N) is 2. The maximum Gasteiger partial charge on any atom is 0.0541 e. The van der Waals surface area contributed by atoms with Gasteiger partial charge in [-0.2, -0.15) is 0 Å². The monoisotopic (exact) mass is 538 g/mol. The minimum absolute atomic E-state index is 0.327. The van der Waals surface area contributed by atoms with Crippen molar-refractivity contribution < 1.29 is 0 Å². The van der Waals surface area contributed by atoms with Crippen LogP contribution in [0.2, 0.25) is 0 Å². The molecule has 1 atom stereocenters. The molecule has 0 bridgehead atoms. The average molecular weight is 539 g/mol. The number of rotatable bonds is 3. The van der Waals surface area contributed by atoms with E-state index in [2.05, 4.69) is 149 Å². The molecule has 2 heterocycles. The van der Waals surface area contributed by atoms with Crippen LogP contribution < -0.4 is 0 Å². The molecule has 42 heavy (non-hydrogen) atoms. The molecule has 0 spiro atoms. The molecule has 0 N–H and O–H groups in total. The molecule has 0 saturated heterocycles. The number of aryl methyl sites for hydroxylation is 1. The Morgan fingerprint density at radius 3 is 2.21 bits per heavy atom. The van der Waals surface area contributed by atoms with Gasteiger partial charge in [0.05, 0.1) is 16.6 Å².